The fraction of sp³-hybridized carbons (Fsp3) is 0.429. The Morgan fingerprint density at radius 3 is 2.48 bits per heavy atom. The number of fused-ring (bicyclic) bond motifs is 2. The van der Waals surface area contributed by atoms with Gasteiger partial charge in [-0.3, -0.25) is 19.9 Å². The van der Waals surface area contributed by atoms with Gasteiger partial charge in [-0.25, -0.2) is 0 Å². The zero-order valence-corrected chi connectivity index (χ0v) is 17.3. The Morgan fingerprint density at radius 2 is 1.84 bits per heavy atom. The molecule has 10 heteroatoms. The van der Waals surface area contributed by atoms with Crippen molar-refractivity contribution in [2.24, 2.45) is 0 Å². The molecular formula is C21H21ClF3N3O3. The maximum atomic E-state index is 13.0. The largest absolute Gasteiger partial charge is 0.492 e. The third-order valence-electron chi connectivity index (χ3n) is 5.88. The van der Waals surface area contributed by atoms with Crippen molar-refractivity contribution >= 4 is 17.3 Å². The van der Waals surface area contributed by atoms with Crippen molar-refractivity contribution in [3.05, 3.63) is 68.7 Å². The van der Waals surface area contributed by atoms with Gasteiger partial charge in [0, 0.05) is 49.4 Å². The van der Waals surface area contributed by atoms with Gasteiger partial charge in [0.15, 0.2) is 0 Å². The van der Waals surface area contributed by atoms with E-state index in [4.69, 9.17) is 16.3 Å². The molecule has 2 heterocycles. The first-order valence-corrected chi connectivity index (χ1v) is 10.3. The lowest BCUT2D eigenvalue weighted by Gasteiger charge is -2.34. The highest BCUT2D eigenvalue weighted by atomic mass is 35.5. The second-order valence-electron chi connectivity index (χ2n) is 7.88. The minimum atomic E-state index is -4.68. The molecule has 2 aliphatic heterocycles. The highest BCUT2D eigenvalue weighted by Gasteiger charge is 2.42. The molecule has 0 saturated carbocycles. The average molecular weight is 456 g/mol. The van der Waals surface area contributed by atoms with E-state index in [1.54, 1.807) is 0 Å². The first-order valence-electron chi connectivity index (χ1n) is 9.91. The van der Waals surface area contributed by atoms with Crippen LogP contribution in [0.3, 0.4) is 0 Å². The van der Waals surface area contributed by atoms with Crippen molar-refractivity contribution in [2.45, 2.75) is 31.2 Å². The zero-order valence-electron chi connectivity index (χ0n) is 16.5. The number of non-ortho nitro benzene ring substituents is 1. The smallest absolute Gasteiger partial charge is 0.416 e. The summed E-state index contributed by atoms with van der Waals surface area (Å²) in [5, 5.41) is 11.7. The lowest BCUT2D eigenvalue weighted by atomic mass is 10.2. The van der Waals surface area contributed by atoms with Crippen LogP contribution in [0.15, 0.2) is 42.5 Å². The number of benzene rings is 2. The molecule has 2 aromatic carbocycles. The van der Waals surface area contributed by atoms with Crippen LogP contribution in [0.5, 0.6) is 5.75 Å². The van der Waals surface area contributed by atoms with Crippen molar-refractivity contribution < 1.29 is 22.8 Å². The number of nitro groups is 1. The molecule has 31 heavy (non-hydrogen) atoms. The van der Waals surface area contributed by atoms with Gasteiger partial charge in [0.1, 0.15) is 12.4 Å². The zero-order chi connectivity index (χ0) is 22.2. The van der Waals surface area contributed by atoms with Gasteiger partial charge < -0.3 is 4.74 Å². The van der Waals surface area contributed by atoms with Gasteiger partial charge in [0.25, 0.3) is 5.69 Å². The number of halogens is 4. The number of likely N-dealkylation sites (tertiary alicyclic amines) is 2. The van der Waals surface area contributed by atoms with E-state index in [0.29, 0.717) is 24.7 Å². The molecule has 2 atom stereocenters. The van der Waals surface area contributed by atoms with Gasteiger partial charge in [-0.2, -0.15) is 13.2 Å². The molecule has 2 aliphatic rings. The van der Waals surface area contributed by atoms with Gasteiger partial charge in [0.2, 0.25) is 0 Å². The molecule has 2 saturated heterocycles. The molecule has 166 valence electrons. The number of alkyl halides is 3. The lowest BCUT2D eigenvalue weighted by molar-refractivity contribution is -0.385. The Kier molecular flexibility index (Phi) is 6.09. The predicted molar refractivity (Wildman–Crippen MR) is 109 cm³/mol. The molecule has 2 aromatic rings. The van der Waals surface area contributed by atoms with Crippen LogP contribution in [0, 0.1) is 10.1 Å². The highest BCUT2D eigenvalue weighted by molar-refractivity contribution is 6.31. The maximum Gasteiger partial charge on any atom is 0.416 e. The minimum Gasteiger partial charge on any atom is -0.492 e. The second kappa shape index (κ2) is 8.64. The molecule has 0 aromatic heterocycles. The van der Waals surface area contributed by atoms with Crippen molar-refractivity contribution in [1.29, 1.82) is 0 Å². The van der Waals surface area contributed by atoms with E-state index in [1.165, 1.54) is 0 Å². The fourth-order valence-electron chi connectivity index (χ4n) is 4.36. The van der Waals surface area contributed by atoms with Crippen molar-refractivity contribution in [3.63, 3.8) is 0 Å². The Balaban J connectivity index is 1.32. The third kappa shape index (κ3) is 4.94. The monoisotopic (exact) mass is 455 g/mol. The molecule has 1 unspecified atom stereocenters. The molecule has 2 fully saturated rings. The first-order chi connectivity index (χ1) is 14.7. The van der Waals surface area contributed by atoms with Gasteiger partial charge in [0.05, 0.1) is 16.6 Å². The summed E-state index contributed by atoms with van der Waals surface area (Å²) in [4.78, 5) is 14.8. The number of ether oxygens (including phenoxy) is 1. The molecule has 6 nitrogen and oxygen atoms in total. The Labute approximate surface area is 182 Å². The SMILES string of the molecule is O=[N+]([O-])c1cc(OCCN2C[C@H]3CC2CN3Cc2ccccc2Cl)cc(C(F)(F)F)c1. The Morgan fingerprint density at radius 1 is 1.13 bits per heavy atom. The van der Waals surface area contributed by atoms with Crippen LogP contribution in [0.4, 0.5) is 18.9 Å². The molecular weight excluding hydrogens is 435 g/mol. The summed E-state index contributed by atoms with van der Waals surface area (Å²) in [6, 6.07) is 10.9. The summed E-state index contributed by atoms with van der Waals surface area (Å²) in [7, 11) is 0. The van der Waals surface area contributed by atoms with E-state index in [2.05, 4.69) is 9.80 Å². The van der Waals surface area contributed by atoms with Gasteiger partial charge in [-0.15, -0.1) is 0 Å². The van der Waals surface area contributed by atoms with E-state index in [1.807, 2.05) is 24.3 Å². The summed E-state index contributed by atoms with van der Waals surface area (Å²) in [6.07, 6.45) is -3.65. The lowest BCUT2D eigenvalue weighted by Crippen LogP contribution is -2.47. The van der Waals surface area contributed by atoms with Crippen molar-refractivity contribution in [2.75, 3.05) is 26.2 Å². The second-order valence-corrected chi connectivity index (χ2v) is 8.29. The molecule has 0 amide bonds. The molecule has 4 rings (SSSR count). The number of hydrogen-bond acceptors (Lipinski definition) is 5. The van der Waals surface area contributed by atoms with Crippen molar-refractivity contribution in [1.82, 2.24) is 9.80 Å². The summed E-state index contributed by atoms with van der Waals surface area (Å²) in [6.45, 7) is 3.24. The fourth-order valence-corrected chi connectivity index (χ4v) is 4.56. The summed E-state index contributed by atoms with van der Waals surface area (Å²) in [5.41, 5.74) is -0.634. The summed E-state index contributed by atoms with van der Waals surface area (Å²) < 4.78 is 44.5. The molecule has 0 aliphatic carbocycles. The number of piperazine rings is 1. The molecule has 0 N–H and O–H groups in total. The highest BCUT2D eigenvalue weighted by Crippen LogP contribution is 2.35. The first kappa shape index (κ1) is 21.9. The Hall–Kier alpha value is -2.36. The number of hydrogen-bond donors (Lipinski definition) is 0. The van der Waals surface area contributed by atoms with Crippen LogP contribution < -0.4 is 4.74 Å². The van der Waals surface area contributed by atoms with E-state index < -0.39 is 22.4 Å². The van der Waals surface area contributed by atoms with Gasteiger partial charge in [-0.1, -0.05) is 29.8 Å². The third-order valence-corrected chi connectivity index (χ3v) is 6.24. The van der Waals surface area contributed by atoms with E-state index in [-0.39, 0.29) is 12.4 Å². The number of rotatable bonds is 7. The number of nitrogens with zero attached hydrogens (tertiary/aromatic N) is 3. The molecule has 0 spiro atoms. The van der Waals surface area contributed by atoms with Crippen LogP contribution >= 0.6 is 11.6 Å². The van der Waals surface area contributed by atoms with E-state index in [9.17, 15) is 23.3 Å². The van der Waals surface area contributed by atoms with Crippen LogP contribution in [-0.2, 0) is 12.7 Å². The maximum absolute atomic E-state index is 13.0. The van der Waals surface area contributed by atoms with Crippen LogP contribution in [0.2, 0.25) is 5.02 Å². The van der Waals surface area contributed by atoms with Crippen LogP contribution in [-0.4, -0.2) is 53.0 Å². The predicted octanol–water partition coefficient (Wildman–Crippen LogP) is 4.60. The minimum absolute atomic E-state index is 0.147. The average Bonchev–Trinajstić information content (AvgIpc) is 3.29. The standard InChI is InChI=1S/C21H21ClF3N3O3/c22-20-4-2-1-3-14(20)11-27-13-17-9-18(27)12-26(17)5-6-31-19-8-15(21(23,24)25)7-16(10-19)28(29)30/h1-4,7-8,10,17-18H,5-6,9,11-13H2/t17?,18-/m1/s1. The molecule has 0 radical (unpaired) electrons. The van der Waals surface area contributed by atoms with Crippen LogP contribution in [0.25, 0.3) is 0 Å². The van der Waals surface area contributed by atoms with Crippen molar-refractivity contribution in [3.8, 4) is 5.75 Å². The Bertz CT molecular complexity index is 972. The summed E-state index contributed by atoms with van der Waals surface area (Å²) >= 11 is 6.26. The van der Waals surface area contributed by atoms with Gasteiger partial charge in [-0.05, 0) is 24.1 Å². The number of nitro benzene ring substituents is 1. The van der Waals surface area contributed by atoms with E-state index >= 15 is 0 Å². The van der Waals surface area contributed by atoms with Crippen LogP contribution in [0.1, 0.15) is 17.5 Å². The quantitative estimate of drug-likeness (QED) is 0.451. The van der Waals surface area contributed by atoms with E-state index in [0.717, 1.165) is 48.8 Å². The topological polar surface area (TPSA) is 58.9 Å². The molecule has 2 bridgehead atoms. The summed E-state index contributed by atoms with van der Waals surface area (Å²) in [5.74, 6) is -0.147. The van der Waals surface area contributed by atoms with Gasteiger partial charge >= 0.3 is 6.18 Å². The normalized spacial score (nSPS) is 21.5.